The number of hydrogen-bond donors (Lipinski definition) is 2. The average molecular weight is 275 g/mol. The van der Waals surface area contributed by atoms with Crippen LogP contribution in [0.3, 0.4) is 0 Å². The van der Waals surface area contributed by atoms with Crippen LogP contribution in [0, 0.1) is 13.8 Å². The van der Waals surface area contributed by atoms with Crippen LogP contribution in [-0.2, 0) is 6.42 Å². The van der Waals surface area contributed by atoms with Crippen LogP contribution in [-0.4, -0.2) is 17.4 Å². The molecule has 1 heterocycles. The number of aromatic nitrogens is 1. The molecule has 100 valence electrons. The number of anilines is 1. The van der Waals surface area contributed by atoms with Crippen molar-refractivity contribution in [3.8, 4) is 0 Å². The number of nitrogens with one attached hydrogen (secondary N) is 1. The van der Waals surface area contributed by atoms with Crippen molar-refractivity contribution < 1.29 is 4.79 Å². The zero-order valence-electron chi connectivity index (χ0n) is 11.1. The summed E-state index contributed by atoms with van der Waals surface area (Å²) in [6, 6.07) is 5.47. The lowest BCUT2D eigenvalue weighted by molar-refractivity contribution is 0.0954. The second-order valence-corrected chi connectivity index (χ2v) is 5.37. The van der Waals surface area contributed by atoms with Gasteiger partial charge in [0, 0.05) is 29.7 Å². The molecule has 0 bridgehead atoms. The highest BCUT2D eigenvalue weighted by Gasteiger charge is 2.11. The van der Waals surface area contributed by atoms with Crippen LogP contribution in [0.5, 0.6) is 0 Å². The molecule has 0 spiro atoms. The summed E-state index contributed by atoms with van der Waals surface area (Å²) in [5.74, 6) is -0.121. The van der Waals surface area contributed by atoms with E-state index >= 15 is 0 Å². The summed E-state index contributed by atoms with van der Waals surface area (Å²) >= 11 is 1.62. The van der Waals surface area contributed by atoms with Gasteiger partial charge in [0.2, 0.25) is 0 Å². The number of rotatable bonds is 4. The van der Waals surface area contributed by atoms with Gasteiger partial charge in [-0.15, -0.1) is 11.3 Å². The first-order valence-electron chi connectivity index (χ1n) is 6.12. The smallest absolute Gasteiger partial charge is 0.253 e. The van der Waals surface area contributed by atoms with Crippen molar-refractivity contribution >= 4 is 22.9 Å². The summed E-state index contributed by atoms with van der Waals surface area (Å²) < 4.78 is 0. The summed E-state index contributed by atoms with van der Waals surface area (Å²) in [4.78, 5) is 16.4. The zero-order valence-corrected chi connectivity index (χ0v) is 11.9. The highest BCUT2D eigenvalue weighted by atomic mass is 32.1. The molecule has 0 saturated carbocycles. The molecule has 0 aliphatic carbocycles. The van der Waals surface area contributed by atoms with Gasteiger partial charge in [0.1, 0.15) is 0 Å². The van der Waals surface area contributed by atoms with Crippen molar-refractivity contribution in [3.63, 3.8) is 0 Å². The molecule has 0 aliphatic heterocycles. The fourth-order valence-electron chi connectivity index (χ4n) is 1.89. The molecule has 1 aromatic heterocycles. The first kappa shape index (κ1) is 13.5. The van der Waals surface area contributed by atoms with Crippen molar-refractivity contribution in [2.24, 2.45) is 0 Å². The first-order valence-corrected chi connectivity index (χ1v) is 7.00. The Kier molecular flexibility index (Phi) is 4.16. The predicted octanol–water partition coefficient (Wildman–Crippen LogP) is 2.31. The normalized spacial score (nSPS) is 10.4. The topological polar surface area (TPSA) is 68.0 Å². The van der Waals surface area contributed by atoms with Gasteiger partial charge in [-0.1, -0.05) is 12.1 Å². The molecular formula is C14H17N3OS. The Balaban J connectivity index is 1.94. The van der Waals surface area contributed by atoms with Gasteiger partial charge in [0.25, 0.3) is 5.91 Å². The Morgan fingerprint density at radius 2 is 2.21 bits per heavy atom. The van der Waals surface area contributed by atoms with Crippen LogP contribution in [0.25, 0.3) is 0 Å². The molecule has 0 aliphatic rings. The van der Waals surface area contributed by atoms with E-state index in [1.807, 2.05) is 31.4 Å². The van der Waals surface area contributed by atoms with Gasteiger partial charge in [-0.2, -0.15) is 0 Å². The fourth-order valence-corrected chi connectivity index (χ4v) is 2.67. The zero-order chi connectivity index (χ0) is 13.8. The van der Waals surface area contributed by atoms with Crippen molar-refractivity contribution in [2.75, 3.05) is 12.3 Å². The third-order valence-electron chi connectivity index (χ3n) is 2.82. The molecule has 19 heavy (non-hydrogen) atoms. The van der Waals surface area contributed by atoms with Crippen molar-refractivity contribution in [3.05, 3.63) is 45.4 Å². The number of thiazole rings is 1. The third kappa shape index (κ3) is 3.32. The van der Waals surface area contributed by atoms with Gasteiger partial charge in [-0.3, -0.25) is 4.79 Å². The number of amides is 1. The summed E-state index contributed by atoms with van der Waals surface area (Å²) in [6.07, 6.45) is 0.746. The lowest BCUT2D eigenvalue weighted by Gasteiger charge is -2.09. The molecule has 0 unspecified atom stereocenters. The molecule has 0 radical (unpaired) electrons. The van der Waals surface area contributed by atoms with E-state index in [9.17, 15) is 4.79 Å². The molecule has 0 saturated heterocycles. The summed E-state index contributed by atoms with van der Waals surface area (Å²) in [6.45, 7) is 4.42. The van der Waals surface area contributed by atoms with Gasteiger partial charge < -0.3 is 11.1 Å². The first-order chi connectivity index (χ1) is 9.08. The van der Waals surface area contributed by atoms with E-state index in [0.717, 1.165) is 22.7 Å². The second kappa shape index (κ2) is 5.84. The van der Waals surface area contributed by atoms with E-state index in [0.29, 0.717) is 17.8 Å². The maximum absolute atomic E-state index is 12.1. The largest absolute Gasteiger partial charge is 0.398 e. The summed E-state index contributed by atoms with van der Waals surface area (Å²) in [5, 5.41) is 5.93. The Morgan fingerprint density at radius 3 is 2.84 bits per heavy atom. The minimum atomic E-state index is -0.121. The molecule has 3 N–H and O–H groups in total. The Labute approximate surface area is 116 Å². The van der Waals surface area contributed by atoms with Crippen LogP contribution in [0.15, 0.2) is 23.6 Å². The van der Waals surface area contributed by atoms with Gasteiger partial charge >= 0.3 is 0 Å². The highest BCUT2D eigenvalue weighted by molar-refractivity contribution is 7.09. The van der Waals surface area contributed by atoms with Gasteiger partial charge in [-0.25, -0.2) is 4.98 Å². The number of nitrogens with two attached hydrogens (primary N) is 1. The van der Waals surface area contributed by atoms with Crippen LogP contribution in [0.4, 0.5) is 5.69 Å². The maximum atomic E-state index is 12.1. The van der Waals surface area contributed by atoms with Crippen molar-refractivity contribution in [2.45, 2.75) is 20.3 Å². The molecular weight excluding hydrogens is 258 g/mol. The molecule has 0 atom stereocenters. The number of nitrogen functional groups attached to an aromatic ring is 1. The van der Waals surface area contributed by atoms with E-state index in [4.69, 9.17) is 5.73 Å². The monoisotopic (exact) mass is 275 g/mol. The van der Waals surface area contributed by atoms with E-state index in [2.05, 4.69) is 10.3 Å². The van der Waals surface area contributed by atoms with Crippen LogP contribution >= 0.6 is 11.3 Å². The van der Waals surface area contributed by atoms with Crippen LogP contribution in [0.1, 0.15) is 26.6 Å². The van der Waals surface area contributed by atoms with Crippen LogP contribution in [0.2, 0.25) is 0 Å². The number of nitrogens with zero attached hydrogens (tertiary/aromatic N) is 1. The van der Waals surface area contributed by atoms with E-state index in [1.54, 1.807) is 17.4 Å². The highest BCUT2D eigenvalue weighted by Crippen LogP contribution is 2.16. The molecule has 5 heteroatoms. The Bertz CT molecular complexity index is 572. The number of aryl methyl sites for hydroxylation is 2. The van der Waals surface area contributed by atoms with Gasteiger partial charge in [-0.05, 0) is 25.5 Å². The quantitative estimate of drug-likeness (QED) is 0.841. The molecule has 2 aromatic rings. The predicted molar refractivity (Wildman–Crippen MR) is 78.5 cm³/mol. The van der Waals surface area contributed by atoms with E-state index in [-0.39, 0.29) is 5.91 Å². The number of benzene rings is 1. The Hall–Kier alpha value is -1.88. The van der Waals surface area contributed by atoms with E-state index < -0.39 is 0 Å². The van der Waals surface area contributed by atoms with Gasteiger partial charge in [0.15, 0.2) is 0 Å². The Morgan fingerprint density at radius 1 is 1.42 bits per heavy atom. The maximum Gasteiger partial charge on any atom is 0.253 e. The number of carbonyl (C=O) groups is 1. The minimum Gasteiger partial charge on any atom is -0.398 e. The standard InChI is InChI=1S/C14H17N3OS/c1-9-4-3-5-11(15)13(9)14(18)16-7-6-12-17-10(2)8-19-12/h3-5,8H,6-7,15H2,1-2H3,(H,16,18). The lowest BCUT2D eigenvalue weighted by Crippen LogP contribution is -2.27. The number of carbonyl (C=O) groups excluding carboxylic acids is 1. The van der Waals surface area contributed by atoms with Crippen molar-refractivity contribution in [1.29, 1.82) is 0 Å². The van der Waals surface area contributed by atoms with Gasteiger partial charge in [0.05, 0.1) is 10.6 Å². The van der Waals surface area contributed by atoms with Crippen molar-refractivity contribution in [1.82, 2.24) is 10.3 Å². The SMILES string of the molecule is Cc1csc(CCNC(=O)c2c(C)cccc2N)n1. The minimum absolute atomic E-state index is 0.121. The fraction of sp³-hybridized carbons (Fsp3) is 0.286. The molecule has 1 amide bonds. The summed E-state index contributed by atoms with van der Waals surface area (Å²) in [5.41, 5.74) is 8.84. The molecule has 0 fully saturated rings. The lowest BCUT2D eigenvalue weighted by atomic mass is 10.1. The van der Waals surface area contributed by atoms with Crippen LogP contribution < -0.4 is 11.1 Å². The average Bonchev–Trinajstić information content (AvgIpc) is 2.75. The molecule has 4 nitrogen and oxygen atoms in total. The summed E-state index contributed by atoms with van der Waals surface area (Å²) in [7, 11) is 0. The second-order valence-electron chi connectivity index (χ2n) is 4.43. The molecule has 1 aromatic carbocycles. The van der Waals surface area contributed by atoms with E-state index in [1.165, 1.54) is 0 Å². The third-order valence-corrected chi connectivity index (χ3v) is 3.85. The molecule has 2 rings (SSSR count). The number of hydrogen-bond acceptors (Lipinski definition) is 4.